The third-order valence-corrected chi connectivity index (χ3v) is 20.3. The first kappa shape index (κ1) is 48.5. The molecule has 8 aliphatic rings. The zero-order chi connectivity index (χ0) is 45.6. The first-order valence-corrected chi connectivity index (χ1v) is 25.8. The largest absolute Gasteiger partial charge is 0.466 e. The molecule has 2 N–H and O–H groups in total. The third kappa shape index (κ3) is 8.82. The van der Waals surface area contributed by atoms with Crippen molar-refractivity contribution in [2.24, 2.45) is 86.8 Å². The number of aliphatic hydroxyl groups excluding tert-OH is 2. The molecule has 0 aromatic heterocycles. The van der Waals surface area contributed by atoms with Crippen molar-refractivity contribution in [2.45, 2.75) is 190 Å². The predicted octanol–water partition coefficient (Wildman–Crippen LogP) is 11.4. The van der Waals surface area contributed by atoms with E-state index in [4.69, 9.17) is 14.2 Å². The van der Waals surface area contributed by atoms with Gasteiger partial charge < -0.3 is 24.4 Å². The van der Waals surface area contributed by atoms with Crippen molar-refractivity contribution in [2.75, 3.05) is 13.2 Å². The molecule has 8 rings (SSSR count). The highest BCUT2D eigenvalue weighted by Crippen LogP contribution is 2.69. The highest BCUT2D eigenvalue weighted by Gasteiger charge is 2.64. The zero-order valence-corrected chi connectivity index (χ0v) is 41.0. The molecule has 8 nitrogen and oxygen atoms in total. The Morgan fingerprint density at radius 2 is 1.57 bits per heavy atom. The summed E-state index contributed by atoms with van der Waals surface area (Å²) in [6.07, 6.45) is 25.1. The van der Waals surface area contributed by atoms with Crippen LogP contribution in [0.1, 0.15) is 172 Å². The minimum atomic E-state index is -0.297. The summed E-state index contributed by atoms with van der Waals surface area (Å²) in [5.41, 5.74) is 3.27. The Morgan fingerprint density at radius 3 is 2.29 bits per heavy atom. The Labute approximate surface area is 381 Å². The van der Waals surface area contributed by atoms with Crippen LogP contribution >= 0.6 is 0 Å². The zero-order valence-electron chi connectivity index (χ0n) is 41.0. The molecule has 0 saturated heterocycles. The van der Waals surface area contributed by atoms with Crippen LogP contribution in [0.5, 0.6) is 0 Å². The maximum absolute atomic E-state index is 12.2. The molecular weight excluding hydrogens is 789 g/mol. The maximum atomic E-state index is 12.2. The van der Waals surface area contributed by atoms with E-state index < -0.39 is 0 Å². The van der Waals surface area contributed by atoms with Crippen molar-refractivity contribution in [1.29, 1.82) is 0 Å². The maximum Gasteiger partial charge on any atom is 0.330 e. The van der Waals surface area contributed by atoms with Crippen LogP contribution in [0.25, 0.3) is 0 Å². The van der Waals surface area contributed by atoms with Crippen LogP contribution in [0.3, 0.4) is 0 Å². The van der Waals surface area contributed by atoms with Gasteiger partial charge in [-0.05, 0) is 192 Å². The van der Waals surface area contributed by atoms with Gasteiger partial charge in [0.05, 0.1) is 25.4 Å². The second-order valence-corrected chi connectivity index (χ2v) is 23.2. The van der Waals surface area contributed by atoms with Crippen molar-refractivity contribution >= 4 is 17.9 Å². The van der Waals surface area contributed by atoms with Gasteiger partial charge in [-0.1, -0.05) is 77.8 Å². The van der Waals surface area contributed by atoms with Crippen LogP contribution in [0.2, 0.25) is 0 Å². The summed E-state index contributed by atoms with van der Waals surface area (Å²) < 4.78 is 16.4. The van der Waals surface area contributed by atoms with Gasteiger partial charge in [0.25, 0.3) is 0 Å². The Balaban J connectivity index is 0.000000190. The molecule has 18 atom stereocenters. The first-order valence-electron chi connectivity index (χ1n) is 25.8. The van der Waals surface area contributed by atoms with Gasteiger partial charge in [0, 0.05) is 24.8 Å². The number of fused-ring (bicyclic) bond motifs is 10. The molecule has 6 saturated carbocycles. The van der Waals surface area contributed by atoms with Crippen LogP contribution in [-0.2, 0) is 28.6 Å². The number of aliphatic hydroxyl groups is 2. The van der Waals surface area contributed by atoms with Crippen LogP contribution in [0.4, 0.5) is 0 Å². The minimum absolute atomic E-state index is 0.0212. The highest BCUT2D eigenvalue weighted by atomic mass is 16.5. The van der Waals surface area contributed by atoms with E-state index in [1.165, 1.54) is 50.5 Å². The second-order valence-electron chi connectivity index (χ2n) is 23.2. The van der Waals surface area contributed by atoms with E-state index in [-0.39, 0.29) is 63.8 Å². The molecule has 0 aromatic carbocycles. The summed E-state index contributed by atoms with van der Waals surface area (Å²) in [7, 11) is 0. The lowest BCUT2D eigenvalue weighted by Crippen LogP contribution is -2.58. The van der Waals surface area contributed by atoms with Crippen LogP contribution in [-0.4, -0.2) is 59.6 Å². The normalized spacial score (nSPS) is 44.6. The molecule has 0 aromatic rings. The second kappa shape index (κ2) is 19.0. The number of carbonyl (C=O) groups excluding carboxylic acids is 3. The van der Waals surface area contributed by atoms with Crippen LogP contribution in [0, 0.1) is 86.8 Å². The number of esters is 3. The molecule has 0 heterocycles. The summed E-state index contributed by atoms with van der Waals surface area (Å²) >= 11 is 0. The van der Waals surface area contributed by atoms with E-state index in [2.05, 4.69) is 60.6 Å². The molecule has 0 radical (unpaired) electrons. The summed E-state index contributed by atoms with van der Waals surface area (Å²) in [6.45, 7) is 22.5. The highest BCUT2D eigenvalue weighted by molar-refractivity contribution is 5.82. The monoisotopic (exact) mass is 875 g/mol. The van der Waals surface area contributed by atoms with Gasteiger partial charge in [-0.3, -0.25) is 9.59 Å². The number of rotatable bonds is 10. The lowest BCUT2D eigenvalue weighted by molar-refractivity contribution is -0.175. The van der Waals surface area contributed by atoms with E-state index in [0.29, 0.717) is 67.0 Å². The van der Waals surface area contributed by atoms with Gasteiger partial charge in [-0.15, -0.1) is 0 Å². The van der Waals surface area contributed by atoms with Crippen molar-refractivity contribution in [3.63, 3.8) is 0 Å². The van der Waals surface area contributed by atoms with Gasteiger partial charge in [0.2, 0.25) is 0 Å². The Kier molecular flexibility index (Phi) is 14.7. The smallest absolute Gasteiger partial charge is 0.330 e. The van der Waals surface area contributed by atoms with Gasteiger partial charge in [0.15, 0.2) is 0 Å². The molecule has 8 aliphatic carbocycles. The lowest BCUT2D eigenvalue weighted by atomic mass is 9.43. The van der Waals surface area contributed by atoms with E-state index in [0.717, 1.165) is 63.2 Å². The Hall–Kier alpha value is -2.45. The third-order valence-electron chi connectivity index (χ3n) is 20.3. The Bertz CT molecular complexity index is 1760. The summed E-state index contributed by atoms with van der Waals surface area (Å²) in [5, 5.41) is 21.8. The first-order chi connectivity index (χ1) is 29.8. The van der Waals surface area contributed by atoms with Crippen molar-refractivity contribution < 1.29 is 38.8 Å². The summed E-state index contributed by atoms with van der Waals surface area (Å²) in [6, 6.07) is 0. The Morgan fingerprint density at radius 1 is 0.825 bits per heavy atom. The van der Waals surface area contributed by atoms with E-state index >= 15 is 0 Å². The average Bonchev–Trinajstić information content (AvgIpc) is 3.79. The topological polar surface area (TPSA) is 119 Å². The summed E-state index contributed by atoms with van der Waals surface area (Å²) in [5.74, 6) is 5.41. The molecule has 8 heteroatoms. The van der Waals surface area contributed by atoms with Gasteiger partial charge in [-0.25, -0.2) is 4.79 Å². The molecule has 0 aliphatic heterocycles. The fraction of sp³-hybridized carbons (Fsp3) is 0.836. The quantitative estimate of drug-likeness (QED) is 0.0964. The van der Waals surface area contributed by atoms with E-state index in [9.17, 15) is 24.6 Å². The average molecular weight is 875 g/mol. The standard InChI is InChI=1S/C29H42O4.C26H44O4/c1-7-32-27(31)13-8-19(3)23-11-12-24-22-10-9-21-16-18(2)14-15-28(21,5)25(22)17-26(29(23,24)6)33-20(4)30;1-5-30-24(29)11-6-16(2)20-9-10-21-19-8-7-17-14-18(27)12-13-25(17,3)22(19)15-23(28)26(20,21)4/h8-9,11,13,18-19,22,24-26H,7,10,12,14-17H2,1-6H3;16-23,27-28H,5-15H2,1-4H3/b13-8+;/t18-,19+,22-,24-,25-,26+,28-,29+;16-,17?,18+,19+,20-,21+,22+,23-,25+,26-/m01/s1. The van der Waals surface area contributed by atoms with Crippen LogP contribution < -0.4 is 0 Å². The number of carbonyl (C=O) groups is 3. The molecule has 1 unspecified atom stereocenters. The fourth-order valence-electron chi connectivity index (χ4n) is 16.9. The molecule has 0 amide bonds. The van der Waals surface area contributed by atoms with E-state index in [1.54, 1.807) is 18.6 Å². The van der Waals surface area contributed by atoms with Crippen molar-refractivity contribution in [3.05, 3.63) is 35.5 Å². The SMILES string of the molecule is CCOC(=O)/C=C/[C@@H](C)C1=CC[C@H]2[C@@H]3CC=C4C[C@@H](C)CC[C@]4(C)[C@H]3C[C@@H](OC(C)=O)[C@]12C.CCOC(=O)CC[C@@H](C)[C@H]1CC[C@H]2[C@@H]3CCC4C[C@@H](O)CC[C@]4(C)[C@H]3C[C@@H](O)[C@]12C. The van der Waals surface area contributed by atoms with Crippen LogP contribution in [0.15, 0.2) is 35.5 Å². The molecule has 0 spiro atoms. The number of ether oxygens (including phenoxy) is 3. The molecule has 0 bridgehead atoms. The number of allylic oxidation sites excluding steroid dienone is 4. The van der Waals surface area contributed by atoms with Crippen molar-refractivity contribution in [3.8, 4) is 0 Å². The van der Waals surface area contributed by atoms with E-state index in [1.807, 2.05) is 19.9 Å². The molecular formula is C55H86O8. The van der Waals surface area contributed by atoms with Gasteiger partial charge in [0.1, 0.15) is 6.10 Å². The lowest BCUT2D eigenvalue weighted by Gasteiger charge is -2.62. The van der Waals surface area contributed by atoms with Crippen molar-refractivity contribution in [1.82, 2.24) is 0 Å². The minimum Gasteiger partial charge on any atom is -0.466 e. The summed E-state index contributed by atoms with van der Waals surface area (Å²) in [4.78, 5) is 36.0. The predicted molar refractivity (Wildman–Crippen MR) is 248 cm³/mol. The molecule has 63 heavy (non-hydrogen) atoms. The fourth-order valence-corrected chi connectivity index (χ4v) is 16.9. The number of hydrogen-bond donors (Lipinski definition) is 2. The molecule has 6 fully saturated rings. The van der Waals surface area contributed by atoms with Gasteiger partial charge in [-0.2, -0.15) is 0 Å². The molecule has 354 valence electrons. The van der Waals surface area contributed by atoms with Gasteiger partial charge >= 0.3 is 17.9 Å². The number of hydrogen-bond acceptors (Lipinski definition) is 8.